The number of carbonyl (C=O) groups excluding carboxylic acids is 1. The molecule has 2 atom stereocenters. The van der Waals surface area contributed by atoms with E-state index < -0.39 is 12.7 Å². The summed E-state index contributed by atoms with van der Waals surface area (Å²) < 4.78 is 28.6. The predicted molar refractivity (Wildman–Crippen MR) is 81.4 cm³/mol. The average molecular weight is 328 g/mol. The molecule has 1 aromatic rings. The zero-order valence-corrected chi connectivity index (χ0v) is 13.0. The molecule has 3 N–H and O–H groups in total. The number of urea groups is 1. The number of benzene rings is 1. The van der Waals surface area contributed by atoms with Crippen molar-refractivity contribution in [3.63, 3.8) is 0 Å². The second kappa shape index (κ2) is 8.10. The van der Waals surface area contributed by atoms with Crippen LogP contribution in [0, 0.1) is 5.92 Å². The van der Waals surface area contributed by atoms with Crippen molar-refractivity contribution >= 4 is 6.03 Å². The number of carbonyl (C=O) groups is 1. The van der Waals surface area contributed by atoms with E-state index in [2.05, 4.69) is 15.4 Å². The van der Waals surface area contributed by atoms with Gasteiger partial charge in [0.15, 0.2) is 0 Å². The highest BCUT2D eigenvalue weighted by molar-refractivity contribution is 5.74. The minimum absolute atomic E-state index is 0.0125. The minimum atomic E-state index is -2.92. The largest absolute Gasteiger partial charge is 0.435 e. The zero-order valence-electron chi connectivity index (χ0n) is 13.0. The summed E-state index contributed by atoms with van der Waals surface area (Å²) in [5, 5.41) is 15.5. The molecule has 23 heavy (non-hydrogen) atoms. The standard InChI is InChI=1S/C16H22F2N2O3/c1-10(11-4-2-5-11)20-16(22)19-9-14(21)12-6-3-7-13(8-12)23-15(17)18/h3,6-8,10-11,14-15,21H,2,4-5,9H2,1H3,(H2,19,20,22). The molecule has 7 heteroatoms. The first kappa shape index (κ1) is 17.5. The lowest BCUT2D eigenvalue weighted by molar-refractivity contribution is -0.0499. The van der Waals surface area contributed by atoms with Crippen LogP contribution in [0.5, 0.6) is 5.75 Å². The molecule has 0 heterocycles. The Morgan fingerprint density at radius 2 is 2.17 bits per heavy atom. The van der Waals surface area contributed by atoms with E-state index in [0.29, 0.717) is 11.5 Å². The van der Waals surface area contributed by atoms with Gasteiger partial charge in [-0.25, -0.2) is 4.79 Å². The lowest BCUT2D eigenvalue weighted by Gasteiger charge is -2.31. The molecule has 1 aliphatic rings. The molecule has 1 aliphatic carbocycles. The van der Waals surface area contributed by atoms with Crippen molar-refractivity contribution in [3.8, 4) is 5.75 Å². The molecule has 5 nitrogen and oxygen atoms in total. The SMILES string of the molecule is CC(NC(=O)NCC(O)c1cccc(OC(F)F)c1)C1CCC1. The van der Waals surface area contributed by atoms with E-state index in [1.54, 1.807) is 6.07 Å². The van der Waals surface area contributed by atoms with Crippen LogP contribution in [0.25, 0.3) is 0 Å². The third-order valence-electron chi connectivity index (χ3n) is 4.14. The fraction of sp³-hybridized carbons (Fsp3) is 0.562. The summed E-state index contributed by atoms with van der Waals surface area (Å²) in [7, 11) is 0. The van der Waals surface area contributed by atoms with E-state index in [9.17, 15) is 18.7 Å². The van der Waals surface area contributed by atoms with E-state index in [1.807, 2.05) is 6.92 Å². The Hall–Kier alpha value is -1.89. The van der Waals surface area contributed by atoms with Gasteiger partial charge in [0, 0.05) is 12.6 Å². The smallest absolute Gasteiger partial charge is 0.387 e. The topological polar surface area (TPSA) is 70.6 Å². The summed E-state index contributed by atoms with van der Waals surface area (Å²) in [4.78, 5) is 11.8. The Kier molecular flexibility index (Phi) is 6.15. The summed E-state index contributed by atoms with van der Waals surface area (Å²) >= 11 is 0. The quantitative estimate of drug-likeness (QED) is 0.721. The number of hydrogen-bond acceptors (Lipinski definition) is 3. The lowest BCUT2D eigenvalue weighted by Crippen LogP contribution is -2.46. The number of rotatable bonds is 7. The van der Waals surface area contributed by atoms with Crippen LogP contribution >= 0.6 is 0 Å². The van der Waals surface area contributed by atoms with Gasteiger partial charge >= 0.3 is 12.6 Å². The summed E-state index contributed by atoms with van der Waals surface area (Å²) in [6, 6.07) is 5.55. The van der Waals surface area contributed by atoms with Crippen LogP contribution < -0.4 is 15.4 Å². The van der Waals surface area contributed by atoms with Gasteiger partial charge in [0.05, 0.1) is 6.10 Å². The maximum atomic E-state index is 12.2. The monoisotopic (exact) mass is 328 g/mol. The van der Waals surface area contributed by atoms with Gasteiger partial charge in [-0.05, 0) is 43.4 Å². The molecule has 2 rings (SSSR count). The van der Waals surface area contributed by atoms with Gasteiger partial charge < -0.3 is 20.5 Å². The lowest BCUT2D eigenvalue weighted by atomic mass is 9.80. The maximum Gasteiger partial charge on any atom is 0.387 e. The third kappa shape index (κ3) is 5.35. The number of aliphatic hydroxyl groups excluding tert-OH is 1. The Balaban J connectivity index is 1.79. The molecule has 1 fully saturated rings. The molecule has 0 spiro atoms. The molecule has 2 unspecified atom stereocenters. The molecule has 0 aliphatic heterocycles. The highest BCUT2D eigenvalue weighted by Crippen LogP contribution is 2.29. The zero-order chi connectivity index (χ0) is 16.8. The van der Waals surface area contributed by atoms with Crippen molar-refractivity contribution in [1.29, 1.82) is 0 Å². The maximum absolute atomic E-state index is 12.2. The van der Waals surface area contributed by atoms with Crippen LogP contribution in [0.15, 0.2) is 24.3 Å². The summed E-state index contributed by atoms with van der Waals surface area (Å²) in [6.07, 6.45) is 2.46. The van der Waals surface area contributed by atoms with E-state index in [0.717, 1.165) is 12.8 Å². The number of ether oxygens (including phenoxy) is 1. The Morgan fingerprint density at radius 3 is 2.78 bits per heavy atom. The van der Waals surface area contributed by atoms with Crippen LogP contribution in [0.1, 0.15) is 37.9 Å². The molecule has 2 amide bonds. The fourth-order valence-corrected chi connectivity index (χ4v) is 2.52. The third-order valence-corrected chi connectivity index (χ3v) is 4.14. The first-order chi connectivity index (χ1) is 11.0. The number of aliphatic hydroxyl groups is 1. The van der Waals surface area contributed by atoms with Gasteiger partial charge in [0.2, 0.25) is 0 Å². The fourth-order valence-electron chi connectivity index (χ4n) is 2.52. The number of nitrogens with one attached hydrogen (secondary N) is 2. The van der Waals surface area contributed by atoms with Crippen molar-refractivity contribution in [3.05, 3.63) is 29.8 Å². The number of amides is 2. The number of halogens is 2. The van der Waals surface area contributed by atoms with Crippen molar-refractivity contribution in [1.82, 2.24) is 10.6 Å². The highest BCUT2D eigenvalue weighted by atomic mass is 19.3. The summed E-state index contributed by atoms with van der Waals surface area (Å²) in [5.41, 5.74) is 0.399. The number of hydrogen-bond donors (Lipinski definition) is 3. The Morgan fingerprint density at radius 1 is 1.43 bits per heavy atom. The highest BCUT2D eigenvalue weighted by Gasteiger charge is 2.25. The molecule has 1 aromatic carbocycles. The van der Waals surface area contributed by atoms with Gasteiger partial charge in [-0.2, -0.15) is 8.78 Å². The Labute approximate surface area is 134 Å². The van der Waals surface area contributed by atoms with Gasteiger partial charge in [-0.1, -0.05) is 18.6 Å². The Bertz CT molecular complexity index is 524. The van der Waals surface area contributed by atoms with Crippen molar-refractivity contribution in [2.45, 2.75) is 44.9 Å². The number of alkyl halides is 2. The van der Waals surface area contributed by atoms with Crippen molar-refractivity contribution in [2.24, 2.45) is 5.92 Å². The predicted octanol–water partition coefficient (Wildman–Crippen LogP) is 2.81. The van der Waals surface area contributed by atoms with Crippen LogP contribution in [0.3, 0.4) is 0 Å². The molecule has 1 saturated carbocycles. The summed E-state index contributed by atoms with van der Waals surface area (Å²) in [6.45, 7) is -0.967. The van der Waals surface area contributed by atoms with E-state index in [4.69, 9.17) is 0 Å². The van der Waals surface area contributed by atoms with Crippen LogP contribution in [0.2, 0.25) is 0 Å². The van der Waals surface area contributed by atoms with E-state index in [-0.39, 0.29) is 24.4 Å². The normalized spacial score (nSPS) is 17.3. The first-order valence-corrected chi connectivity index (χ1v) is 7.73. The second-order valence-electron chi connectivity index (χ2n) is 5.80. The van der Waals surface area contributed by atoms with Crippen LogP contribution in [-0.4, -0.2) is 30.3 Å². The van der Waals surface area contributed by atoms with Gasteiger partial charge in [-0.3, -0.25) is 0 Å². The first-order valence-electron chi connectivity index (χ1n) is 7.73. The van der Waals surface area contributed by atoms with Gasteiger partial charge in [0.25, 0.3) is 0 Å². The molecule has 0 aromatic heterocycles. The molecule has 128 valence electrons. The van der Waals surface area contributed by atoms with Gasteiger partial charge in [0.1, 0.15) is 5.75 Å². The minimum Gasteiger partial charge on any atom is -0.435 e. The molecule has 0 bridgehead atoms. The summed E-state index contributed by atoms with van der Waals surface area (Å²) in [5.74, 6) is 0.494. The second-order valence-corrected chi connectivity index (χ2v) is 5.80. The molecular formula is C16H22F2N2O3. The average Bonchev–Trinajstić information content (AvgIpc) is 2.42. The molecular weight excluding hydrogens is 306 g/mol. The van der Waals surface area contributed by atoms with Crippen LogP contribution in [0.4, 0.5) is 13.6 Å². The molecule has 0 radical (unpaired) electrons. The van der Waals surface area contributed by atoms with Crippen molar-refractivity contribution in [2.75, 3.05) is 6.54 Å². The van der Waals surface area contributed by atoms with E-state index >= 15 is 0 Å². The van der Waals surface area contributed by atoms with Crippen molar-refractivity contribution < 1.29 is 23.4 Å². The van der Waals surface area contributed by atoms with E-state index in [1.165, 1.54) is 24.6 Å². The van der Waals surface area contributed by atoms with Gasteiger partial charge in [-0.15, -0.1) is 0 Å². The molecule has 0 saturated heterocycles. The van der Waals surface area contributed by atoms with Crippen LogP contribution in [-0.2, 0) is 0 Å².